The van der Waals surface area contributed by atoms with Crippen LogP contribution in [0.1, 0.15) is 36.9 Å². The summed E-state index contributed by atoms with van der Waals surface area (Å²) >= 11 is 9.92. The van der Waals surface area contributed by atoms with Gasteiger partial charge in [-0.25, -0.2) is 0 Å². The van der Waals surface area contributed by atoms with E-state index in [0.717, 1.165) is 27.8 Å². The number of carboxylic acids is 1. The van der Waals surface area contributed by atoms with Gasteiger partial charge in [0.05, 0.1) is 12.6 Å². The smallest absolute Gasteiger partial charge is 0.320 e. The quantitative estimate of drug-likeness (QED) is 0.678. The molecule has 2 atom stereocenters. The number of ether oxygens (including phenoxy) is 1. The maximum atomic E-state index is 11.8. The van der Waals surface area contributed by atoms with Gasteiger partial charge in [-0.1, -0.05) is 45.7 Å². The molecule has 0 aromatic heterocycles. The molecule has 2 aromatic carbocycles. The minimum Gasteiger partial charge on any atom is -0.494 e. The summed E-state index contributed by atoms with van der Waals surface area (Å²) in [5, 5.41) is 10.3. The van der Waals surface area contributed by atoms with Gasteiger partial charge < -0.3 is 9.84 Å². The van der Waals surface area contributed by atoms with Crippen LogP contribution < -0.4 is 4.74 Å². The molecule has 2 unspecified atom stereocenters. The van der Waals surface area contributed by atoms with E-state index in [1.165, 1.54) is 0 Å². The van der Waals surface area contributed by atoms with E-state index in [0.29, 0.717) is 24.6 Å². The van der Waals surface area contributed by atoms with Crippen LogP contribution in [0.2, 0.25) is 5.02 Å². The highest BCUT2D eigenvalue weighted by Crippen LogP contribution is 2.42. The van der Waals surface area contributed by atoms with Gasteiger partial charge in [-0.05, 0) is 49.6 Å². The van der Waals surface area contributed by atoms with Crippen LogP contribution in [0.3, 0.4) is 0 Å². The van der Waals surface area contributed by atoms with E-state index in [-0.39, 0.29) is 6.04 Å². The molecule has 6 heteroatoms. The first-order valence-corrected chi connectivity index (χ1v) is 9.85. The molecule has 1 aliphatic rings. The Morgan fingerprint density at radius 2 is 2.12 bits per heavy atom. The minimum absolute atomic E-state index is 0.255. The van der Waals surface area contributed by atoms with Crippen molar-refractivity contribution in [2.75, 3.05) is 13.2 Å². The van der Waals surface area contributed by atoms with Crippen molar-refractivity contribution < 1.29 is 14.6 Å². The molecular formula is C20H21BrClNO3. The highest BCUT2D eigenvalue weighted by molar-refractivity contribution is 9.10. The zero-order valence-electron chi connectivity index (χ0n) is 14.5. The molecule has 4 nitrogen and oxygen atoms in total. The molecular weight excluding hydrogens is 418 g/mol. The lowest BCUT2D eigenvalue weighted by Crippen LogP contribution is -2.39. The van der Waals surface area contributed by atoms with Crippen LogP contribution >= 0.6 is 27.5 Å². The second-order valence-corrected chi connectivity index (χ2v) is 7.56. The molecule has 0 radical (unpaired) electrons. The Labute approximate surface area is 166 Å². The first-order chi connectivity index (χ1) is 12.5. The van der Waals surface area contributed by atoms with E-state index < -0.39 is 12.0 Å². The van der Waals surface area contributed by atoms with Crippen molar-refractivity contribution in [3.8, 4) is 5.75 Å². The summed E-state index contributed by atoms with van der Waals surface area (Å²) in [5.74, 6) is -0.0618. The lowest BCUT2D eigenvalue weighted by molar-refractivity contribution is -0.142. The van der Waals surface area contributed by atoms with Crippen LogP contribution in [0.25, 0.3) is 0 Å². The number of halogens is 2. The molecule has 0 amide bonds. The molecule has 138 valence electrons. The van der Waals surface area contributed by atoms with Crippen molar-refractivity contribution >= 4 is 33.5 Å². The molecule has 1 aliphatic heterocycles. The van der Waals surface area contributed by atoms with Crippen LogP contribution in [0.4, 0.5) is 0 Å². The number of carboxylic acid groups (broad SMARTS) is 1. The Morgan fingerprint density at radius 3 is 2.81 bits per heavy atom. The molecule has 2 aromatic rings. The predicted octanol–water partition coefficient (Wildman–Crippen LogP) is 5.14. The molecule has 0 bridgehead atoms. The maximum Gasteiger partial charge on any atom is 0.320 e. The molecule has 1 N–H and O–H groups in total. The average Bonchev–Trinajstić information content (AvgIpc) is 3.09. The fourth-order valence-electron chi connectivity index (χ4n) is 3.60. The molecule has 1 saturated heterocycles. The van der Waals surface area contributed by atoms with E-state index in [1.807, 2.05) is 48.2 Å². The lowest BCUT2D eigenvalue weighted by Gasteiger charge is -2.33. The van der Waals surface area contributed by atoms with Crippen LogP contribution in [-0.2, 0) is 4.79 Å². The van der Waals surface area contributed by atoms with Gasteiger partial charge in [-0.15, -0.1) is 0 Å². The second-order valence-electron chi connectivity index (χ2n) is 6.27. The number of benzene rings is 2. The van der Waals surface area contributed by atoms with E-state index in [1.54, 1.807) is 6.07 Å². The van der Waals surface area contributed by atoms with Gasteiger partial charge in [0, 0.05) is 21.6 Å². The largest absolute Gasteiger partial charge is 0.494 e. The first kappa shape index (κ1) is 19.2. The van der Waals surface area contributed by atoms with Gasteiger partial charge in [0.1, 0.15) is 11.8 Å². The SMILES string of the molecule is CCOc1ccc(Cl)cc1C(c1ccccc1Br)N1CCCC1C(=O)O. The van der Waals surface area contributed by atoms with Crippen molar-refractivity contribution in [2.24, 2.45) is 0 Å². The highest BCUT2D eigenvalue weighted by Gasteiger charge is 2.38. The van der Waals surface area contributed by atoms with Crippen LogP contribution in [0, 0.1) is 0 Å². The fourth-order valence-corrected chi connectivity index (χ4v) is 4.29. The number of nitrogens with zero attached hydrogens (tertiary/aromatic N) is 1. The first-order valence-electron chi connectivity index (χ1n) is 8.68. The third-order valence-electron chi connectivity index (χ3n) is 4.68. The summed E-state index contributed by atoms with van der Waals surface area (Å²) in [7, 11) is 0. The standard InChI is InChI=1S/C20H21BrClNO3/c1-2-26-18-10-9-13(22)12-15(18)19(14-6-3-4-7-16(14)21)23-11-5-8-17(23)20(24)25/h3-4,6-7,9-10,12,17,19H,2,5,8,11H2,1H3,(H,24,25). The number of hydrogen-bond acceptors (Lipinski definition) is 3. The summed E-state index contributed by atoms with van der Waals surface area (Å²) in [6.45, 7) is 3.17. The third-order valence-corrected chi connectivity index (χ3v) is 5.63. The summed E-state index contributed by atoms with van der Waals surface area (Å²) < 4.78 is 6.78. The Hall–Kier alpha value is -1.56. The number of aliphatic carboxylic acids is 1. The van der Waals surface area contributed by atoms with Crippen LogP contribution in [0.5, 0.6) is 5.75 Å². The van der Waals surface area contributed by atoms with Gasteiger partial charge in [0.2, 0.25) is 0 Å². The normalized spacial score (nSPS) is 18.7. The van der Waals surface area contributed by atoms with Crippen molar-refractivity contribution in [3.63, 3.8) is 0 Å². The highest BCUT2D eigenvalue weighted by atomic mass is 79.9. The lowest BCUT2D eigenvalue weighted by atomic mass is 9.95. The summed E-state index contributed by atoms with van der Waals surface area (Å²) in [6.07, 6.45) is 1.49. The molecule has 1 fully saturated rings. The fraction of sp³-hybridized carbons (Fsp3) is 0.350. The van der Waals surface area contributed by atoms with E-state index >= 15 is 0 Å². The molecule has 0 aliphatic carbocycles. The predicted molar refractivity (Wildman–Crippen MR) is 106 cm³/mol. The zero-order chi connectivity index (χ0) is 18.7. The zero-order valence-corrected chi connectivity index (χ0v) is 16.8. The molecule has 3 rings (SSSR count). The van der Waals surface area contributed by atoms with E-state index in [4.69, 9.17) is 16.3 Å². The van der Waals surface area contributed by atoms with Crippen LogP contribution in [-0.4, -0.2) is 35.2 Å². The summed E-state index contributed by atoms with van der Waals surface area (Å²) in [4.78, 5) is 13.9. The number of hydrogen-bond donors (Lipinski definition) is 1. The third kappa shape index (κ3) is 3.90. The Balaban J connectivity index is 2.18. The number of rotatable bonds is 6. The van der Waals surface area contributed by atoms with Crippen molar-refractivity contribution in [1.82, 2.24) is 4.90 Å². The van der Waals surface area contributed by atoms with Crippen molar-refractivity contribution in [3.05, 3.63) is 63.1 Å². The topological polar surface area (TPSA) is 49.8 Å². The number of carbonyl (C=O) groups is 1. The van der Waals surface area contributed by atoms with Gasteiger partial charge in [-0.3, -0.25) is 9.69 Å². The van der Waals surface area contributed by atoms with Gasteiger partial charge in [-0.2, -0.15) is 0 Å². The van der Waals surface area contributed by atoms with Gasteiger partial charge >= 0.3 is 5.97 Å². The monoisotopic (exact) mass is 437 g/mol. The maximum absolute atomic E-state index is 11.8. The van der Waals surface area contributed by atoms with E-state index in [9.17, 15) is 9.90 Å². The molecule has 0 spiro atoms. The molecule has 26 heavy (non-hydrogen) atoms. The average molecular weight is 439 g/mol. The second kappa shape index (κ2) is 8.42. The van der Waals surface area contributed by atoms with E-state index in [2.05, 4.69) is 15.9 Å². The Morgan fingerprint density at radius 1 is 1.35 bits per heavy atom. The van der Waals surface area contributed by atoms with Crippen molar-refractivity contribution in [1.29, 1.82) is 0 Å². The van der Waals surface area contributed by atoms with Crippen molar-refractivity contribution in [2.45, 2.75) is 31.8 Å². The summed E-state index contributed by atoms with van der Waals surface area (Å²) in [5.41, 5.74) is 1.89. The van der Waals surface area contributed by atoms with Gasteiger partial charge in [0.25, 0.3) is 0 Å². The number of likely N-dealkylation sites (tertiary alicyclic amines) is 1. The van der Waals surface area contributed by atoms with Gasteiger partial charge in [0.15, 0.2) is 0 Å². The molecule has 1 heterocycles. The summed E-state index contributed by atoms with van der Waals surface area (Å²) in [6, 6.07) is 12.7. The van der Waals surface area contributed by atoms with Crippen LogP contribution in [0.15, 0.2) is 46.9 Å². The minimum atomic E-state index is -0.792. The Kier molecular flexibility index (Phi) is 6.22. The molecule has 0 saturated carbocycles. The Bertz CT molecular complexity index is 798.